The van der Waals surface area contributed by atoms with E-state index in [-0.39, 0.29) is 13.2 Å². The Morgan fingerprint density at radius 2 is 2.24 bits per heavy atom. The van der Waals surface area contributed by atoms with Crippen molar-refractivity contribution >= 4 is 17.0 Å². The van der Waals surface area contributed by atoms with Crippen LogP contribution in [0.4, 0.5) is 0 Å². The minimum Gasteiger partial charge on any atom is -0.497 e. The Labute approximate surface area is 122 Å². The van der Waals surface area contributed by atoms with Crippen molar-refractivity contribution in [3.05, 3.63) is 24.0 Å². The number of carboxylic acid groups (broad SMARTS) is 1. The summed E-state index contributed by atoms with van der Waals surface area (Å²) in [6, 6.07) is 5.37. The Kier molecular flexibility index (Phi) is 4.77. The zero-order valence-corrected chi connectivity index (χ0v) is 12.1. The van der Waals surface area contributed by atoms with Crippen LogP contribution in [0.1, 0.15) is 5.82 Å². The van der Waals surface area contributed by atoms with Crippen molar-refractivity contribution in [2.24, 2.45) is 0 Å². The molecular formula is C14H19N3O4. The van der Waals surface area contributed by atoms with Crippen LogP contribution in [0.15, 0.2) is 18.2 Å². The molecule has 0 aliphatic rings. The van der Waals surface area contributed by atoms with Crippen molar-refractivity contribution in [1.82, 2.24) is 14.5 Å². The number of aliphatic hydroxyl groups is 1. The fraction of sp³-hybridized carbons (Fsp3) is 0.429. The first kappa shape index (κ1) is 15.3. The van der Waals surface area contributed by atoms with Crippen LogP contribution in [0.25, 0.3) is 11.0 Å². The van der Waals surface area contributed by atoms with Crippen molar-refractivity contribution in [3.8, 4) is 5.75 Å². The predicted molar refractivity (Wildman–Crippen MR) is 77.3 cm³/mol. The molecule has 2 rings (SSSR count). The molecule has 0 saturated carbocycles. The van der Waals surface area contributed by atoms with E-state index in [1.807, 2.05) is 11.9 Å². The zero-order valence-electron chi connectivity index (χ0n) is 12.1. The maximum absolute atomic E-state index is 11.1. The highest BCUT2D eigenvalue weighted by molar-refractivity contribution is 5.79. The zero-order chi connectivity index (χ0) is 15.4. The first-order chi connectivity index (χ1) is 10.0. The van der Waals surface area contributed by atoms with E-state index < -0.39 is 5.97 Å². The molecule has 0 bridgehead atoms. The monoisotopic (exact) mass is 293 g/mol. The number of methoxy groups -OCH3 is 1. The molecule has 0 aliphatic heterocycles. The highest BCUT2D eigenvalue weighted by Crippen LogP contribution is 2.22. The van der Waals surface area contributed by atoms with E-state index in [0.29, 0.717) is 30.2 Å². The highest BCUT2D eigenvalue weighted by atomic mass is 16.5. The van der Waals surface area contributed by atoms with Crippen LogP contribution >= 0.6 is 0 Å². The van der Waals surface area contributed by atoms with E-state index in [1.165, 1.54) is 0 Å². The Balaban J connectivity index is 2.43. The van der Waals surface area contributed by atoms with Gasteiger partial charge in [0.15, 0.2) is 0 Å². The summed E-state index contributed by atoms with van der Waals surface area (Å²) >= 11 is 0. The minimum absolute atomic E-state index is 0.0451. The number of likely N-dealkylation sites (N-methyl/N-ethyl adjacent to an activating group) is 1. The molecule has 2 N–H and O–H groups in total. The summed E-state index contributed by atoms with van der Waals surface area (Å²) in [7, 11) is 3.42. The Morgan fingerprint density at radius 1 is 1.48 bits per heavy atom. The third-order valence-electron chi connectivity index (χ3n) is 3.22. The van der Waals surface area contributed by atoms with Gasteiger partial charge in [0.25, 0.3) is 0 Å². The number of hydrogen-bond acceptors (Lipinski definition) is 5. The van der Waals surface area contributed by atoms with E-state index in [0.717, 1.165) is 5.52 Å². The number of nitrogens with zero attached hydrogens (tertiary/aromatic N) is 3. The van der Waals surface area contributed by atoms with Gasteiger partial charge in [-0.25, -0.2) is 4.98 Å². The summed E-state index contributed by atoms with van der Waals surface area (Å²) in [5, 5.41) is 18.0. The molecule has 0 fully saturated rings. The lowest BCUT2D eigenvalue weighted by molar-refractivity contribution is -0.137. The fourth-order valence-corrected chi connectivity index (χ4v) is 2.21. The number of aliphatic carboxylic acids is 1. The molecule has 0 aliphatic carbocycles. The number of hydrogen-bond donors (Lipinski definition) is 2. The van der Waals surface area contributed by atoms with Gasteiger partial charge in [-0.1, -0.05) is 0 Å². The van der Waals surface area contributed by atoms with Crippen molar-refractivity contribution in [2.75, 3.05) is 27.3 Å². The number of carboxylic acids is 1. The van der Waals surface area contributed by atoms with E-state index in [4.69, 9.17) is 14.9 Å². The predicted octanol–water partition coefficient (Wildman–Crippen LogP) is 0.554. The van der Waals surface area contributed by atoms with Crippen LogP contribution in [-0.2, 0) is 17.9 Å². The van der Waals surface area contributed by atoms with E-state index in [2.05, 4.69) is 4.98 Å². The van der Waals surface area contributed by atoms with Crippen LogP contribution in [-0.4, -0.2) is 57.9 Å². The largest absolute Gasteiger partial charge is 0.497 e. The number of benzene rings is 1. The van der Waals surface area contributed by atoms with E-state index >= 15 is 0 Å². The molecule has 1 heterocycles. The molecule has 7 heteroatoms. The van der Waals surface area contributed by atoms with Crippen LogP contribution in [0.5, 0.6) is 5.75 Å². The fourth-order valence-electron chi connectivity index (χ4n) is 2.21. The number of imidazole rings is 1. The van der Waals surface area contributed by atoms with Crippen molar-refractivity contribution in [3.63, 3.8) is 0 Å². The molecule has 0 atom stereocenters. The Morgan fingerprint density at radius 3 is 2.86 bits per heavy atom. The van der Waals surface area contributed by atoms with Gasteiger partial charge >= 0.3 is 5.97 Å². The quantitative estimate of drug-likeness (QED) is 0.775. The Bertz CT molecular complexity index is 638. The summed E-state index contributed by atoms with van der Waals surface area (Å²) in [6.07, 6.45) is 0. The molecule has 21 heavy (non-hydrogen) atoms. The molecular weight excluding hydrogens is 274 g/mol. The van der Waals surface area contributed by atoms with E-state index in [9.17, 15) is 4.79 Å². The third kappa shape index (κ3) is 3.50. The van der Waals surface area contributed by atoms with Crippen LogP contribution in [0.2, 0.25) is 0 Å². The van der Waals surface area contributed by atoms with Crippen molar-refractivity contribution < 1.29 is 19.7 Å². The summed E-state index contributed by atoms with van der Waals surface area (Å²) < 4.78 is 6.83. The normalized spacial score (nSPS) is 11.2. The second kappa shape index (κ2) is 6.55. The lowest BCUT2D eigenvalue weighted by Crippen LogP contribution is -2.24. The first-order valence-electron chi connectivity index (χ1n) is 6.59. The molecule has 0 unspecified atom stereocenters. The smallest absolute Gasteiger partial charge is 0.323 e. The molecule has 0 amide bonds. The molecule has 0 spiro atoms. The number of ether oxygens (including phenoxy) is 1. The molecule has 1 aromatic heterocycles. The number of aliphatic hydroxyl groups excluding tert-OH is 1. The minimum atomic E-state index is -0.920. The molecule has 114 valence electrons. The molecule has 1 aromatic carbocycles. The van der Waals surface area contributed by atoms with Crippen LogP contribution < -0.4 is 4.74 Å². The van der Waals surface area contributed by atoms with Gasteiger partial charge in [-0.2, -0.15) is 0 Å². The number of aromatic nitrogens is 2. The summed E-state index contributed by atoms with van der Waals surface area (Å²) in [6.45, 7) is 0.860. The number of carbonyl (C=O) groups is 1. The van der Waals surface area contributed by atoms with Gasteiger partial charge in [0, 0.05) is 12.6 Å². The number of fused-ring (bicyclic) bond motifs is 1. The highest BCUT2D eigenvalue weighted by Gasteiger charge is 2.15. The molecule has 0 radical (unpaired) electrons. The van der Waals surface area contributed by atoms with Gasteiger partial charge < -0.3 is 19.5 Å². The van der Waals surface area contributed by atoms with Crippen molar-refractivity contribution in [1.29, 1.82) is 0 Å². The lowest BCUT2D eigenvalue weighted by Gasteiger charge is -2.15. The van der Waals surface area contributed by atoms with Crippen LogP contribution in [0, 0.1) is 0 Å². The second-order valence-electron chi connectivity index (χ2n) is 4.82. The van der Waals surface area contributed by atoms with Gasteiger partial charge in [0.05, 0.1) is 31.3 Å². The number of rotatable bonds is 7. The van der Waals surface area contributed by atoms with Gasteiger partial charge in [0.2, 0.25) is 0 Å². The topological polar surface area (TPSA) is 87.8 Å². The average molecular weight is 293 g/mol. The summed E-state index contributed by atoms with van der Waals surface area (Å²) in [4.78, 5) is 17.4. The van der Waals surface area contributed by atoms with Gasteiger partial charge in [-0.3, -0.25) is 9.69 Å². The maximum atomic E-state index is 11.1. The van der Waals surface area contributed by atoms with Crippen LogP contribution in [0.3, 0.4) is 0 Å². The second-order valence-corrected chi connectivity index (χ2v) is 4.82. The lowest BCUT2D eigenvalue weighted by atomic mass is 10.3. The third-order valence-corrected chi connectivity index (χ3v) is 3.22. The molecule has 7 nitrogen and oxygen atoms in total. The SMILES string of the molecule is COc1ccc2c(c1)nc(CN(C)CCO)n2CC(=O)O. The molecule has 2 aromatic rings. The van der Waals surface area contributed by atoms with Crippen molar-refractivity contribution in [2.45, 2.75) is 13.1 Å². The standard InChI is InChI=1S/C14H19N3O4/c1-16(5-6-18)8-13-15-11-7-10(21-2)3-4-12(11)17(13)9-14(19)20/h3-4,7,18H,5-6,8-9H2,1-2H3,(H,19,20). The van der Waals surface area contributed by atoms with E-state index in [1.54, 1.807) is 29.9 Å². The first-order valence-corrected chi connectivity index (χ1v) is 6.59. The average Bonchev–Trinajstić information content (AvgIpc) is 2.75. The van der Waals surface area contributed by atoms with Gasteiger partial charge in [-0.05, 0) is 19.2 Å². The van der Waals surface area contributed by atoms with Gasteiger partial charge in [-0.15, -0.1) is 0 Å². The maximum Gasteiger partial charge on any atom is 0.323 e. The van der Waals surface area contributed by atoms with Gasteiger partial charge in [0.1, 0.15) is 18.1 Å². The summed E-state index contributed by atoms with van der Waals surface area (Å²) in [5.41, 5.74) is 1.45. The Hall–Kier alpha value is -2.12. The summed E-state index contributed by atoms with van der Waals surface area (Å²) in [5.74, 6) is 0.408. The molecule has 0 saturated heterocycles.